The standard InChI is InChI=1S/C15H21N5O/c1-2-5-17-12-3-7-19(8-4-12)15(21)13-10-18-20-9-6-16-11-14(13)20/h6,9-12,17H,2-5,7-8H2,1H3. The summed E-state index contributed by atoms with van der Waals surface area (Å²) in [6, 6.07) is 0.541. The Morgan fingerprint density at radius 1 is 1.38 bits per heavy atom. The molecule has 21 heavy (non-hydrogen) atoms. The lowest BCUT2D eigenvalue weighted by Crippen LogP contribution is -2.45. The quantitative estimate of drug-likeness (QED) is 0.921. The highest BCUT2D eigenvalue weighted by atomic mass is 16.2. The van der Waals surface area contributed by atoms with Crippen LogP contribution in [0.3, 0.4) is 0 Å². The van der Waals surface area contributed by atoms with Gasteiger partial charge in [-0.1, -0.05) is 6.92 Å². The first kappa shape index (κ1) is 14.0. The van der Waals surface area contributed by atoms with Crippen LogP contribution in [0, 0.1) is 0 Å². The van der Waals surface area contributed by atoms with Gasteiger partial charge in [0, 0.05) is 31.5 Å². The van der Waals surface area contributed by atoms with Crippen LogP contribution in [0.25, 0.3) is 5.52 Å². The summed E-state index contributed by atoms with van der Waals surface area (Å²) in [5, 5.41) is 7.74. The zero-order chi connectivity index (χ0) is 14.7. The predicted molar refractivity (Wildman–Crippen MR) is 80.2 cm³/mol. The van der Waals surface area contributed by atoms with Crippen LogP contribution in [-0.2, 0) is 0 Å². The lowest BCUT2D eigenvalue weighted by molar-refractivity contribution is 0.0707. The second kappa shape index (κ2) is 6.22. The van der Waals surface area contributed by atoms with Crippen LogP contribution in [0.1, 0.15) is 36.5 Å². The van der Waals surface area contributed by atoms with Gasteiger partial charge in [-0.05, 0) is 25.8 Å². The van der Waals surface area contributed by atoms with Gasteiger partial charge in [0.05, 0.1) is 23.5 Å². The number of nitrogens with one attached hydrogen (secondary N) is 1. The number of piperidine rings is 1. The fourth-order valence-corrected chi connectivity index (χ4v) is 2.80. The molecule has 6 heteroatoms. The fraction of sp³-hybridized carbons (Fsp3) is 0.533. The maximum atomic E-state index is 12.6. The van der Waals surface area contributed by atoms with Gasteiger partial charge in [0.2, 0.25) is 0 Å². The average molecular weight is 287 g/mol. The van der Waals surface area contributed by atoms with E-state index in [1.165, 1.54) is 0 Å². The third-order valence-electron chi connectivity index (χ3n) is 4.02. The van der Waals surface area contributed by atoms with E-state index in [0.717, 1.165) is 44.4 Å². The Bertz CT molecular complexity index is 615. The molecule has 1 N–H and O–H groups in total. The van der Waals surface area contributed by atoms with E-state index < -0.39 is 0 Å². The Balaban J connectivity index is 1.67. The molecule has 0 spiro atoms. The normalized spacial score (nSPS) is 16.5. The molecular weight excluding hydrogens is 266 g/mol. The molecule has 112 valence electrons. The zero-order valence-corrected chi connectivity index (χ0v) is 12.3. The molecule has 0 saturated carbocycles. The lowest BCUT2D eigenvalue weighted by atomic mass is 10.0. The molecule has 1 fully saturated rings. The number of nitrogens with zero attached hydrogens (tertiary/aromatic N) is 4. The summed E-state index contributed by atoms with van der Waals surface area (Å²) >= 11 is 0. The summed E-state index contributed by atoms with van der Waals surface area (Å²) in [5.41, 5.74) is 1.41. The number of amides is 1. The van der Waals surface area contributed by atoms with Crippen molar-refractivity contribution in [2.24, 2.45) is 0 Å². The topological polar surface area (TPSA) is 62.5 Å². The minimum Gasteiger partial charge on any atom is -0.338 e. The second-order valence-corrected chi connectivity index (χ2v) is 5.48. The minimum absolute atomic E-state index is 0.0620. The van der Waals surface area contributed by atoms with E-state index in [2.05, 4.69) is 22.3 Å². The van der Waals surface area contributed by atoms with E-state index in [4.69, 9.17) is 0 Å². The fourth-order valence-electron chi connectivity index (χ4n) is 2.80. The number of hydrogen-bond donors (Lipinski definition) is 1. The first-order valence-corrected chi connectivity index (χ1v) is 7.59. The summed E-state index contributed by atoms with van der Waals surface area (Å²) < 4.78 is 1.69. The number of aromatic nitrogens is 3. The third-order valence-corrected chi connectivity index (χ3v) is 4.02. The molecule has 0 unspecified atom stereocenters. The molecule has 1 aliphatic rings. The van der Waals surface area contributed by atoms with Crippen LogP contribution in [0.2, 0.25) is 0 Å². The van der Waals surface area contributed by atoms with Gasteiger partial charge in [-0.25, -0.2) is 4.52 Å². The summed E-state index contributed by atoms with van der Waals surface area (Å²) in [4.78, 5) is 18.6. The molecule has 3 heterocycles. The van der Waals surface area contributed by atoms with Gasteiger partial charge in [-0.2, -0.15) is 5.10 Å². The van der Waals surface area contributed by atoms with Crippen LogP contribution in [-0.4, -0.2) is 51.1 Å². The van der Waals surface area contributed by atoms with Gasteiger partial charge in [0.25, 0.3) is 5.91 Å². The maximum Gasteiger partial charge on any atom is 0.257 e. The third kappa shape index (κ3) is 2.90. The Morgan fingerprint density at radius 3 is 2.95 bits per heavy atom. The van der Waals surface area contributed by atoms with Crippen molar-refractivity contribution in [3.8, 4) is 0 Å². The smallest absolute Gasteiger partial charge is 0.257 e. The zero-order valence-electron chi connectivity index (χ0n) is 12.3. The van der Waals surface area contributed by atoms with E-state index in [-0.39, 0.29) is 5.91 Å². The molecule has 2 aromatic rings. The van der Waals surface area contributed by atoms with Crippen molar-refractivity contribution >= 4 is 11.4 Å². The molecule has 2 aromatic heterocycles. The van der Waals surface area contributed by atoms with E-state index >= 15 is 0 Å². The summed E-state index contributed by atoms with van der Waals surface area (Å²) in [5.74, 6) is 0.0620. The first-order valence-electron chi connectivity index (χ1n) is 7.59. The SMILES string of the molecule is CCCNC1CCN(C(=O)c2cnn3ccncc23)CC1. The first-order chi connectivity index (χ1) is 10.3. The van der Waals surface area contributed by atoms with Gasteiger partial charge < -0.3 is 10.2 Å². The minimum atomic E-state index is 0.0620. The van der Waals surface area contributed by atoms with E-state index in [1.54, 1.807) is 29.3 Å². The van der Waals surface area contributed by atoms with Crippen LogP contribution < -0.4 is 5.32 Å². The number of fused-ring (bicyclic) bond motifs is 1. The Labute approximate surface area is 124 Å². The van der Waals surface area contributed by atoms with E-state index in [1.807, 2.05) is 4.90 Å². The molecular formula is C15H21N5O. The van der Waals surface area contributed by atoms with Crippen LogP contribution >= 0.6 is 0 Å². The van der Waals surface area contributed by atoms with Gasteiger partial charge in [0.15, 0.2) is 0 Å². The summed E-state index contributed by atoms with van der Waals surface area (Å²) in [6.45, 7) is 4.83. The molecule has 6 nitrogen and oxygen atoms in total. The highest BCUT2D eigenvalue weighted by molar-refractivity contribution is 6.00. The Morgan fingerprint density at radius 2 is 2.19 bits per heavy atom. The molecule has 3 rings (SSSR count). The summed E-state index contributed by atoms with van der Waals surface area (Å²) in [7, 11) is 0. The molecule has 0 radical (unpaired) electrons. The molecule has 0 aliphatic carbocycles. The van der Waals surface area contributed by atoms with Crippen molar-refractivity contribution in [3.05, 3.63) is 30.4 Å². The molecule has 1 saturated heterocycles. The van der Waals surface area contributed by atoms with E-state index in [9.17, 15) is 4.79 Å². The summed E-state index contributed by atoms with van der Waals surface area (Å²) in [6.07, 6.45) is 9.93. The van der Waals surface area contributed by atoms with Crippen molar-refractivity contribution in [2.45, 2.75) is 32.2 Å². The van der Waals surface area contributed by atoms with Crippen molar-refractivity contribution in [1.82, 2.24) is 24.8 Å². The maximum absolute atomic E-state index is 12.6. The van der Waals surface area contributed by atoms with Crippen LogP contribution in [0.15, 0.2) is 24.8 Å². The number of carbonyl (C=O) groups excluding carboxylic acids is 1. The molecule has 0 aromatic carbocycles. The van der Waals surface area contributed by atoms with Crippen molar-refractivity contribution < 1.29 is 4.79 Å². The van der Waals surface area contributed by atoms with E-state index in [0.29, 0.717) is 11.6 Å². The number of hydrogen-bond acceptors (Lipinski definition) is 4. The van der Waals surface area contributed by atoms with Gasteiger partial charge in [-0.3, -0.25) is 9.78 Å². The monoisotopic (exact) mass is 287 g/mol. The van der Waals surface area contributed by atoms with Crippen LogP contribution in [0.4, 0.5) is 0 Å². The molecule has 1 aliphatic heterocycles. The van der Waals surface area contributed by atoms with Gasteiger partial charge >= 0.3 is 0 Å². The molecule has 0 bridgehead atoms. The largest absolute Gasteiger partial charge is 0.338 e. The van der Waals surface area contributed by atoms with Crippen molar-refractivity contribution in [3.63, 3.8) is 0 Å². The Kier molecular flexibility index (Phi) is 4.15. The lowest BCUT2D eigenvalue weighted by Gasteiger charge is -2.32. The number of rotatable bonds is 4. The molecule has 1 amide bonds. The Hall–Kier alpha value is -1.95. The second-order valence-electron chi connectivity index (χ2n) is 5.48. The van der Waals surface area contributed by atoms with Crippen molar-refractivity contribution in [1.29, 1.82) is 0 Å². The highest BCUT2D eigenvalue weighted by Gasteiger charge is 2.25. The highest BCUT2D eigenvalue weighted by Crippen LogP contribution is 2.16. The number of likely N-dealkylation sites (tertiary alicyclic amines) is 1. The molecule has 0 atom stereocenters. The van der Waals surface area contributed by atoms with Crippen LogP contribution in [0.5, 0.6) is 0 Å². The average Bonchev–Trinajstić information content (AvgIpc) is 2.97. The predicted octanol–water partition coefficient (Wildman–Crippen LogP) is 1.33. The van der Waals surface area contributed by atoms with Gasteiger partial charge in [-0.15, -0.1) is 0 Å². The van der Waals surface area contributed by atoms with Crippen molar-refractivity contribution in [2.75, 3.05) is 19.6 Å². The number of carbonyl (C=O) groups is 1. The van der Waals surface area contributed by atoms with Gasteiger partial charge in [0.1, 0.15) is 0 Å².